The molecule has 3 N–H and O–H groups in total. The number of nitrogens with two attached hydrogens (primary N) is 1. The van der Waals surface area contributed by atoms with Gasteiger partial charge in [-0.15, -0.1) is 0 Å². The molecule has 2 aromatic heterocycles. The van der Waals surface area contributed by atoms with E-state index in [9.17, 15) is 18.0 Å². The summed E-state index contributed by atoms with van der Waals surface area (Å²) in [5, 5.41) is 2.73. The molecule has 0 aliphatic rings. The van der Waals surface area contributed by atoms with Crippen LogP contribution in [0, 0.1) is 0 Å². The molecule has 0 aliphatic carbocycles. The van der Waals surface area contributed by atoms with Crippen molar-refractivity contribution < 1.29 is 18.0 Å². The highest BCUT2D eigenvalue weighted by atomic mass is 35.5. The quantitative estimate of drug-likeness (QED) is 0.626. The lowest BCUT2D eigenvalue weighted by Gasteiger charge is -2.15. The van der Waals surface area contributed by atoms with E-state index >= 15 is 0 Å². The highest BCUT2D eigenvalue weighted by Crippen LogP contribution is 2.29. The Morgan fingerprint density at radius 1 is 1.13 bits per heavy atom. The van der Waals surface area contributed by atoms with Gasteiger partial charge in [-0.25, -0.2) is 9.97 Å². The van der Waals surface area contributed by atoms with Crippen molar-refractivity contribution in [2.75, 3.05) is 5.73 Å². The van der Waals surface area contributed by atoms with Gasteiger partial charge in [0.1, 0.15) is 17.2 Å². The van der Waals surface area contributed by atoms with E-state index in [0.717, 1.165) is 24.0 Å². The van der Waals surface area contributed by atoms with E-state index in [1.807, 2.05) is 0 Å². The van der Waals surface area contributed by atoms with Crippen LogP contribution in [0.25, 0.3) is 0 Å². The lowest BCUT2D eigenvalue weighted by molar-refractivity contribution is -0.137. The van der Waals surface area contributed by atoms with Crippen LogP contribution in [0.4, 0.5) is 19.0 Å². The molecular formula is C20H17ClF3N5O. The topological polar surface area (TPSA) is 93.8 Å². The molecule has 30 heavy (non-hydrogen) atoms. The van der Waals surface area contributed by atoms with Crippen molar-refractivity contribution in [1.29, 1.82) is 0 Å². The van der Waals surface area contributed by atoms with Crippen LogP contribution in [-0.4, -0.2) is 20.9 Å². The maximum absolute atomic E-state index is 12.6. The smallest absolute Gasteiger partial charge is 0.382 e. The van der Waals surface area contributed by atoms with Gasteiger partial charge >= 0.3 is 6.18 Å². The zero-order valence-electron chi connectivity index (χ0n) is 15.7. The van der Waals surface area contributed by atoms with E-state index < -0.39 is 23.7 Å². The summed E-state index contributed by atoms with van der Waals surface area (Å²) < 4.78 is 37.9. The predicted molar refractivity (Wildman–Crippen MR) is 106 cm³/mol. The minimum atomic E-state index is -4.36. The molecule has 0 radical (unpaired) electrons. The average molecular weight is 436 g/mol. The molecule has 1 aromatic carbocycles. The van der Waals surface area contributed by atoms with Crippen molar-refractivity contribution in [3.8, 4) is 0 Å². The van der Waals surface area contributed by atoms with Gasteiger partial charge in [-0.3, -0.25) is 9.78 Å². The Hall–Kier alpha value is -3.20. The lowest BCUT2D eigenvalue weighted by atomic mass is 10.1. The molecule has 2 heterocycles. The number of nitrogens with zero attached hydrogens (tertiary/aromatic N) is 3. The summed E-state index contributed by atoms with van der Waals surface area (Å²) in [6.07, 6.45) is -1.23. The van der Waals surface area contributed by atoms with E-state index in [0.29, 0.717) is 17.7 Å². The number of carbonyl (C=O) groups excluding carboxylic acids is 1. The number of aromatic nitrogens is 3. The number of hydrogen-bond acceptors (Lipinski definition) is 5. The first-order valence-corrected chi connectivity index (χ1v) is 9.20. The molecule has 10 heteroatoms. The van der Waals surface area contributed by atoms with Gasteiger partial charge in [-0.1, -0.05) is 29.8 Å². The molecule has 0 spiro atoms. The molecule has 0 bridgehead atoms. The van der Waals surface area contributed by atoms with Crippen LogP contribution in [0.5, 0.6) is 0 Å². The number of rotatable bonds is 5. The highest BCUT2D eigenvalue weighted by Gasteiger charge is 2.29. The number of benzene rings is 1. The summed E-state index contributed by atoms with van der Waals surface area (Å²) in [6.45, 7) is 1.77. The van der Waals surface area contributed by atoms with E-state index in [1.165, 1.54) is 12.1 Å². The van der Waals surface area contributed by atoms with Crippen LogP contribution in [0.1, 0.15) is 45.8 Å². The monoisotopic (exact) mass is 435 g/mol. The second-order valence-electron chi connectivity index (χ2n) is 6.57. The molecule has 0 saturated heterocycles. The number of pyridine rings is 1. The zero-order chi connectivity index (χ0) is 21.9. The predicted octanol–water partition coefficient (Wildman–Crippen LogP) is 4.21. The number of hydrogen-bond donors (Lipinski definition) is 2. The number of alkyl halides is 3. The minimum absolute atomic E-state index is 0.0127. The summed E-state index contributed by atoms with van der Waals surface area (Å²) in [5.74, 6) is -0.491. The van der Waals surface area contributed by atoms with Crippen molar-refractivity contribution in [3.05, 3.63) is 82.0 Å². The largest absolute Gasteiger partial charge is 0.416 e. The molecule has 156 valence electrons. The first-order chi connectivity index (χ1) is 14.1. The zero-order valence-corrected chi connectivity index (χ0v) is 16.5. The third-order valence-corrected chi connectivity index (χ3v) is 4.77. The molecule has 1 atom stereocenters. The van der Waals surface area contributed by atoms with Gasteiger partial charge in [-0.05, 0) is 36.2 Å². The molecule has 0 saturated carbocycles. The van der Waals surface area contributed by atoms with Gasteiger partial charge < -0.3 is 11.1 Å². The van der Waals surface area contributed by atoms with E-state index in [1.54, 1.807) is 25.3 Å². The standard InChI is InChI=1S/C20H17ClF3N5O/c1-11(29-19(30)17-16(21)18(25)28-10-27-17)13-4-7-15(26-9-13)8-12-2-5-14(6-3-12)20(22,23)24/h2-7,9-11H,8H2,1H3,(H,29,30)(H2,25,27,28). The molecule has 0 aliphatic heterocycles. The van der Waals surface area contributed by atoms with Crippen LogP contribution in [0.3, 0.4) is 0 Å². The van der Waals surface area contributed by atoms with Crippen molar-refractivity contribution in [2.24, 2.45) is 0 Å². The van der Waals surface area contributed by atoms with Crippen LogP contribution in [-0.2, 0) is 12.6 Å². The maximum atomic E-state index is 12.6. The van der Waals surface area contributed by atoms with Gasteiger partial charge in [0.2, 0.25) is 0 Å². The van der Waals surface area contributed by atoms with E-state index in [4.69, 9.17) is 17.3 Å². The molecule has 1 unspecified atom stereocenters. The first-order valence-electron chi connectivity index (χ1n) is 8.83. The Balaban J connectivity index is 1.65. The Morgan fingerprint density at radius 3 is 2.43 bits per heavy atom. The maximum Gasteiger partial charge on any atom is 0.416 e. The van der Waals surface area contributed by atoms with Gasteiger partial charge in [0.15, 0.2) is 5.69 Å². The van der Waals surface area contributed by atoms with Crippen molar-refractivity contribution in [2.45, 2.75) is 25.6 Å². The lowest BCUT2D eigenvalue weighted by Crippen LogP contribution is -2.28. The molecule has 1 amide bonds. The van der Waals surface area contributed by atoms with Gasteiger partial charge in [-0.2, -0.15) is 13.2 Å². The van der Waals surface area contributed by atoms with Crippen LogP contribution >= 0.6 is 11.6 Å². The Labute approximate surface area is 175 Å². The number of halogens is 4. The number of carbonyl (C=O) groups is 1. The van der Waals surface area contributed by atoms with Gasteiger partial charge in [0.25, 0.3) is 5.91 Å². The van der Waals surface area contributed by atoms with E-state index in [-0.39, 0.29) is 16.5 Å². The number of nitrogens with one attached hydrogen (secondary N) is 1. The third-order valence-electron chi connectivity index (χ3n) is 4.39. The van der Waals surface area contributed by atoms with Crippen molar-refractivity contribution in [3.63, 3.8) is 0 Å². The SMILES string of the molecule is CC(NC(=O)c1ncnc(N)c1Cl)c1ccc(Cc2ccc(C(F)(F)F)cc2)nc1. The summed E-state index contributed by atoms with van der Waals surface area (Å²) in [6, 6.07) is 8.10. The van der Waals surface area contributed by atoms with Crippen LogP contribution in [0.2, 0.25) is 5.02 Å². The Bertz CT molecular complexity index is 1040. The number of amides is 1. The fraction of sp³-hybridized carbons (Fsp3) is 0.200. The molecule has 3 aromatic rings. The van der Waals surface area contributed by atoms with Gasteiger partial charge in [0.05, 0.1) is 11.6 Å². The second kappa shape index (κ2) is 8.66. The van der Waals surface area contributed by atoms with Crippen LogP contribution < -0.4 is 11.1 Å². The molecule has 6 nitrogen and oxygen atoms in total. The molecule has 3 rings (SSSR count). The van der Waals surface area contributed by atoms with Crippen LogP contribution in [0.15, 0.2) is 48.9 Å². The summed E-state index contributed by atoms with van der Waals surface area (Å²) >= 11 is 5.96. The fourth-order valence-electron chi connectivity index (χ4n) is 2.71. The summed E-state index contributed by atoms with van der Waals surface area (Å²) in [5.41, 5.74) is 6.99. The van der Waals surface area contributed by atoms with Crippen molar-refractivity contribution >= 4 is 23.3 Å². The third kappa shape index (κ3) is 5.04. The normalized spacial score (nSPS) is 12.4. The summed E-state index contributed by atoms with van der Waals surface area (Å²) in [4.78, 5) is 24.3. The molecular weight excluding hydrogens is 419 g/mol. The summed E-state index contributed by atoms with van der Waals surface area (Å²) in [7, 11) is 0. The van der Waals surface area contributed by atoms with E-state index in [2.05, 4.69) is 20.3 Å². The second-order valence-corrected chi connectivity index (χ2v) is 6.95. The average Bonchev–Trinajstić information content (AvgIpc) is 2.70. The van der Waals surface area contributed by atoms with Crippen molar-refractivity contribution in [1.82, 2.24) is 20.3 Å². The first kappa shape index (κ1) is 21.5. The highest BCUT2D eigenvalue weighted by molar-refractivity contribution is 6.35. The number of nitrogen functional groups attached to an aromatic ring is 1. The number of anilines is 1. The van der Waals surface area contributed by atoms with Gasteiger partial charge in [0, 0.05) is 18.3 Å². The Kier molecular flexibility index (Phi) is 6.21. The fourth-order valence-corrected chi connectivity index (χ4v) is 2.89. The minimum Gasteiger partial charge on any atom is -0.382 e. The Morgan fingerprint density at radius 2 is 1.83 bits per heavy atom. The molecule has 0 fully saturated rings.